The molecule has 0 N–H and O–H groups in total. The van der Waals surface area contributed by atoms with E-state index in [-0.39, 0.29) is 30.6 Å². The molecule has 0 aromatic carbocycles. The van der Waals surface area contributed by atoms with Gasteiger partial charge in [-0.1, -0.05) is 55.0 Å². The van der Waals surface area contributed by atoms with Crippen LogP contribution in [-0.2, 0) is 66.7 Å². The van der Waals surface area contributed by atoms with E-state index in [9.17, 15) is 24.0 Å². The lowest BCUT2D eigenvalue weighted by molar-refractivity contribution is -0.196. The van der Waals surface area contributed by atoms with Crippen LogP contribution in [0.25, 0.3) is 0 Å². The van der Waals surface area contributed by atoms with Crippen LogP contribution in [0.2, 0.25) is 0 Å². The highest BCUT2D eigenvalue weighted by Crippen LogP contribution is 2.56. The zero-order valence-corrected chi connectivity index (χ0v) is 32.9. The Morgan fingerprint density at radius 1 is 0.750 bits per heavy atom. The van der Waals surface area contributed by atoms with Gasteiger partial charge in [-0.15, -0.1) is 0 Å². The first-order chi connectivity index (χ1) is 23.9. The Labute approximate surface area is 306 Å². The summed E-state index contributed by atoms with van der Waals surface area (Å²) in [5, 5.41) is 0. The Hall–Kier alpha value is -3.36. The molecule has 52 heavy (non-hydrogen) atoms. The summed E-state index contributed by atoms with van der Waals surface area (Å²) >= 11 is 0. The quantitative estimate of drug-likeness (QED) is 0.128. The zero-order valence-electron chi connectivity index (χ0n) is 32.9. The van der Waals surface area contributed by atoms with Gasteiger partial charge in [0.05, 0.1) is 18.1 Å². The molecule has 0 bridgehead atoms. The van der Waals surface area contributed by atoms with Gasteiger partial charge in [-0.25, -0.2) is 0 Å². The van der Waals surface area contributed by atoms with Crippen LogP contribution in [0.3, 0.4) is 0 Å². The molecule has 0 spiro atoms. The summed E-state index contributed by atoms with van der Waals surface area (Å²) in [7, 11) is 0. The Morgan fingerprint density at radius 2 is 1.25 bits per heavy atom. The third kappa shape index (κ3) is 9.22. The number of hydrogen-bond acceptors (Lipinski definition) is 14. The molecule has 0 aromatic rings. The van der Waals surface area contributed by atoms with E-state index in [1.165, 1.54) is 13.8 Å². The van der Waals surface area contributed by atoms with Gasteiger partial charge in [0.25, 0.3) is 0 Å². The van der Waals surface area contributed by atoms with Gasteiger partial charge < -0.3 is 37.9 Å². The SMILES string of the molecule is C=C1[C@H](OCC(C)C)[C@@H](OCC(C)C)[C@@H](OC(C)=O)C(C)(C)[C@@H]2O[C@H]2[C@@H](C)C(=O)[C@@]2(OC(C)=O)C[C@@](C)(OC(C)=O)[C@H](OC(C)=O)[C@@H]2[C@H]1OC(C)=O. The van der Waals surface area contributed by atoms with Crippen molar-refractivity contribution < 1.29 is 66.7 Å². The number of carbonyl (C=O) groups is 6. The van der Waals surface area contributed by atoms with Gasteiger partial charge in [0, 0.05) is 65.6 Å². The predicted molar refractivity (Wildman–Crippen MR) is 184 cm³/mol. The zero-order chi connectivity index (χ0) is 39.7. The van der Waals surface area contributed by atoms with Crippen molar-refractivity contribution in [3.05, 3.63) is 12.2 Å². The van der Waals surface area contributed by atoms with Crippen LogP contribution in [0.4, 0.5) is 0 Å². The molecule has 0 amide bonds. The number of Topliss-reactive ketones (excluding diaryl/α,β-unsaturated/α-hetero) is 1. The van der Waals surface area contributed by atoms with Gasteiger partial charge in [0.1, 0.15) is 24.4 Å². The molecule has 294 valence electrons. The van der Waals surface area contributed by atoms with Crippen molar-refractivity contribution in [3.63, 3.8) is 0 Å². The van der Waals surface area contributed by atoms with Gasteiger partial charge >= 0.3 is 29.8 Å². The molecule has 1 aliphatic heterocycles. The number of rotatable bonds is 11. The molecular formula is C38H58O14. The minimum Gasteiger partial charge on any atom is -0.459 e. The van der Waals surface area contributed by atoms with E-state index in [1.807, 2.05) is 41.5 Å². The first-order valence-electron chi connectivity index (χ1n) is 17.9. The van der Waals surface area contributed by atoms with Crippen LogP contribution in [0, 0.1) is 29.1 Å². The van der Waals surface area contributed by atoms with Crippen LogP contribution in [-0.4, -0.2) is 103 Å². The minimum atomic E-state index is -2.22. The lowest BCUT2D eigenvalue weighted by Crippen LogP contribution is -2.60. The van der Waals surface area contributed by atoms with E-state index in [1.54, 1.807) is 6.92 Å². The first-order valence-corrected chi connectivity index (χ1v) is 17.9. The highest BCUT2D eigenvalue weighted by molar-refractivity contribution is 5.93. The number of epoxide rings is 1. The van der Waals surface area contributed by atoms with Crippen LogP contribution in [0.15, 0.2) is 12.2 Å². The highest BCUT2D eigenvalue weighted by Gasteiger charge is 2.74. The molecule has 0 radical (unpaired) electrons. The van der Waals surface area contributed by atoms with E-state index in [4.69, 9.17) is 37.9 Å². The summed E-state index contributed by atoms with van der Waals surface area (Å²) in [5.41, 5.74) is -4.97. The Kier molecular flexibility index (Phi) is 13.5. The fourth-order valence-electron chi connectivity index (χ4n) is 7.92. The molecule has 1 heterocycles. The molecule has 11 atom stereocenters. The second-order valence-corrected chi connectivity index (χ2v) is 16.1. The molecule has 1 saturated heterocycles. The topological polar surface area (TPSA) is 180 Å². The number of ether oxygens (including phenoxy) is 8. The monoisotopic (exact) mass is 738 g/mol. The summed E-state index contributed by atoms with van der Waals surface area (Å²) in [6.07, 6.45) is -8.34. The molecule has 3 aliphatic rings. The van der Waals surface area contributed by atoms with Crippen molar-refractivity contribution in [3.8, 4) is 0 Å². The molecule has 3 rings (SSSR count). The van der Waals surface area contributed by atoms with Crippen molar-refractivity contribution in [1.29, 1.82) is 0 Å². The maximum Gasteiger partial charge on any atom is 0.303 e. The maximum absolute atomic E-state index is 15.1. The summed E-state index contributed by atoms with van der Waals surface area (Å²) in [5.74, 6) is -7.05. The van der Waals surface area contributed by atoms with Gasteiger partial charge in [-0.05, 0) is 24.3 Å². The largest absolute Gasteiger partial charge is 0.459 e. The molecule has 2 saturated carbocycles. The summed E-state index contributed by atoms with van der Waals surface area (Å²) < 4.78 is 49.3. The van der Waals surface area contributed by atoms with Gasteiger partial charge in [0.2, 0.25) is 0 Å². The second-order valence-electron chi connectivity index (χ2n) is 16.1. The van der Waals surface area contributed by atoms with Crippen LogP contribution in [0.5, 0.6) is 0 Å². The average Bonchev–Trinajstić information content (AvgIpc) is 3.76. The minimum absolute atomic E-state index is 0.0116. The van der Waals surface area contributed by atoms with Crippen LogP contribution >= 0.6 is 0 Å². The number of hydrogen-bond donors (Lipinski definition) is 0. The molecule has 0 unspecified atom stereocenters. The van der Waals surface area contributed by atoms with Gasteiger partial charge in [-0.3, -0.25) is 28.8 Å². The third-order valence-corrected chi connectivity index (χ3v) is 9.86. The van der Waals surface area contributed by atoms with Crippen molar-refractivity contribution >= 4 is 35.6 Å². The normalized spacial score (nSPS) is 35.7. The predicted octanol–water partition coefficient (Wildman–Crippen LogP) is 4.08. The maximum atomic E-state index is 15.1. The van der Waals surface area contributed by atoms with E-state index in [0.717, 1.165) is 27.7 Å². The molecule has 3 fully saturated rings. The highest BCUT2D eigenvalue weighted by atomic mass is 16.6. The molecule has 0 aromatic heterocycles. The van der Waals surface area contributed by atoms with E-state index < -0.39 is 113 Å². The van der Waals surface area contributed by atoms with E-state index >= 15 is 4.79 Å². The standard InChI is InChI=1S/C38H58O14/c1-18(2)15-45-29-20(5)28(47-22(7)39)27-33(48-23(8)40)37(14,51-25(10)42)17-38(27,52-26(11)43)32(44)21(6)30-34(50-30)36(12,13)35(49-24(9)41)31(29)46-16-19(3)4/h18-19,21,27-31,33-35H,5,15-17H2,1-4,6-14H3/t21-,27+,28+,29+,30+,31-,33-,34-,35-,37-,38-/m1/s1. The molecule has 2 aliphatic carbocycles. The van der Waals surface area contributed by atoms with E-state index in [2.05, 4.69) is 6.58 Å². The fourth-order valence-corrected chi connectivity index (χ4v) is 7.92. The third-order valence-electron chi connectivity index (χ3n) is 9.86. The van der Waals surface area contributed by atoms with Crippen molar-refractivity contribution in [2.75, 3.05) is 13.2 Å². The van der Waals surface area contributed by atoms with E-state index in [0.29, 0.717) is 0 Å². The van der Waals surface area contributed by atoms with Crippen molar-refractivity contribution in [2.45, 2.75) is 150 Å². The van der Waals surface area contributed by atoms with Crippen LogP contribution in [0.1, 0.15) is 96.4 Å². The Balaban J connectivity index is 2.53. The number of fused-ring (bicyclic) bond motifs is 2. The molecular weight excluding hydrogens is 680 g/mol. The molecule has 14 nitrogen and oxygen atoms in total. The van der Waals surface area contributed by atoms with Gasteiger partial charge in [0.15, 0.2) is 23.1 Å². The van der Waals surface area contributed by atoms with Crippen molar-refractivity contribution in [2.24, 2.45) is 29.1 Å². The summed E-state index contributed by atoms with van der Waals surface area (Å²) in [6.45, 7) is 25.0. The number of ketones is 1. The smallest absolute Gasteiger partial charge is 0.303 e. The Bertz CT molecular complexity index is 1400. The first kappa shape index (κ1) is 43.0. The summed E-state index contributed by atoms with van der Waals surface area (Å²) in [4.78, 5) is 79.6. The average molecular weight is 739 g/mol. The van der Waals surface area contributed by atoms with Crippen molar-refractivity contribution in [1.82, 2.24) is 0 Å². The lowest BCUT2D eigenvalue weighted by Gasteiger charge is -2.45. The Morgan fingerprint density at radius 3 is 1.73 bits per heavy atom. The lowest BCUT2D eigenvalue weighted by atomic mass is 9.69. The summed E-state index contributed by atoms with van der Waals surface area (Å²) in [6, 6.07) is 0. The molecule has 14 heteroatoms. The van der Waals surface area contributed by atoms with Crippen LogP contribution < -0.4 is 0 Å². The number of carbonyl (C=O) groups excluding carboxylic acids is 6. The second kappa shape index (κ2) is 16.3. The van der Waals surface area contributed by atoms with Gasteiger partial charge in [-0.2, -0.15) is 0 Å². The fraction of sp³-hybridized carbons (Fsp3) is 0.789. The number of esters is 5.